The van der Waals surface area contributed by atoms with Gasteiger partial charge in [-0.15, -0.1) is 0 Å². The maximum atomic E-state index is 12.2. The lowest BCUT2D eigenvalue weighted by molar-refractivity contribution is -0.119. The zero-order valence-corrected chi connectivity index (χ0v) is 15.0. The van der Waals surface area contributed by atoms with Crippen molar-refractivity contribution in [2.75, 3.05) is 25.1 Å². The first kappa shape index (κ1) is 17.8. The van der Waals surface area contributed by atoms with Gasteiger partial charge in [-0.05, 0) is 32.9 Å². The monoisotopic (exact) mass is 359 g/mol. The zero-order valence-electron chi connectivity index (χ0n) is 15.0. The normalized spacial score (nSPS) is 13.0. The predicted octanol–water partition coefficient (Wildman–Crippen LogP) is 3.16. The molecule has 7 heteroatoms. The van der Waals surface area contributed by atoms with Gasteiger partial charge < -0.3 is 23.9 Å². The first-order valence-corrected chi connectivity index (χ1v) is 8.39. The van der Waals surface area contributed by atoms with Crippen LogP contribution in [-0.2, 0) is 9.53 Å². The summed E-state index contributed by atoms with van der Waals surface area (Å²) >= 11 is 0. The number of fused-ring (bicyclic) bond motifs is 1. The van der Waals surface area contributed by atoms with Crippen LogP contribution in [0, 0.1) is 20.8 Å². The number of aryl methyl sites for hydroxylation is 2. The number of hydrogen-bond acceptors (Lipinski definition) is 6. The van der Waals surface area contributed by atoms with Gasteiger partial charge in [0.2, 0.25) is 0 Å². The van der Waals surface area contributed by atoms with E-state index in [9.17, 15) is 9.59 Å². The van der Waals surface area contributed by atoms with E-state index < -0.39 is 18.5 Å². The lowest BCUT2D eigenvalue weighted by atomic mass is 10.1. The molecule has 0 bridgehead atoms. The zero-order chi connectivity index (χ0) is 18.7. The van der Waals surface area contributed by atoms with Crippen LogP contribution < -0.4 is 14.8 Å². The number of amides is 1. The Morgan fingerprint density at radius 2 is 1.81 bits per heavy atom. The predicted molar refractivity (Wildman–Crippen MR) is 93.9 cm³/mol. The Kier molecular flexibility index (Phi) is 5.16. The van der Waals surface area contributed by atoms with Crippen molar-refractivity contribution in [2.24, 2.45) is 0 Å². The van der Waals surface area contributed by atoms with Crippen molar-refractivity contribution in [2.45, 2.75) is 27.2 Å². The molecule has 138 valence electrons. The van der Waals surface area contributed by atoms with Crippen LogP contribution in [0.5, 0.6) is 11.5 Å². The Morgan fingerprint density at radius 1 is 1.08 bits per heavy atom. The van der Waals surface area contributed by atoms with Crippen LogP contribution in [0.3, 0.4) is 0 Å². The SMILES string of the molecule is Cc1oc(C)c(C(=O)OCC(=O)Nc2ccc3c(c2)OCCCO3)c1C. The molecule has 1 N–H and O–H groups in total. The Hall–Kier alpha value is -2.96. The summed E-state index contributed by atoms with van der Waals surface area (Å²) < 4.78 is 21.6. The first-order valence-electron chi connectivity index (χ1n) is 8.39. The summed E-state index contributed by atoms with van der Waals surface area (Å²) in [4.78, 5) is 24.3. The van der Waals surface area contributed by atoms with Gasteiger partial charge in [-0.1, -0.05) is 0 Å². The average Bonchev–Trinajstić information content (AvgIpc) is 2.78. The highest BCUT2D eigenvalue weighted by Gasteiger charge is 2.21. The van der Waals surface area contributed by atoms with Crippen molar-refractivity contribution >= 4 is 17.6 Å². The van der Waals surface area contributed by atoms with Crippen molar-refractivity contribution in [1.29, 1.82) is 0 Å². The van der Waals surface area contributed by atoms with E-state index in [0.29, 0.717) is 47.5 Å². The molecule has 1 aromatic heterocycles. The molecule has 0 aliphatic carbocycles. The second-order valence-corrected chi connectivity index (χ2v) is 6.05. The molecule has 2 heterocycles. The van der Waals surface area contributed by atoms with Crippen molar-refractivity contribution in [1.82, 2.24) is 0 Å². The summed E-state index contributed by atoms with van der Waals surface area (Å²) in [5.74, 6) is 1.35. The smallest absolute Gasteiger partial charge is 0.342 e. The standard InChI is InChI=1S/C19H21NO6/c1-11-12(2)26-13(3)18(11)19(22)25-10-17(21)20-14-5-6-15-16(9-14)24-8-4-7-23-15/h5-6,9H,4,7-8,10H2,1-3H3,(H,20,21). The highest BCUT2D eigenvalue weighted by molar-refractivity contribution is 5.96. The maximum absolute atomic E-state index is 12.2. The van der Waals surface area contributed by atoms with Crippen LogP contribution in [0.1, 0.15) is 33.9 Å². The molecule has 3 rings (SSSR count). The number of hydrogen-bond donors (Lipinski definition) is 1. The van der Waals surface area contributed by atoms with Crippen molar-refractivity contribution < 1.29 is 28.2 Å². The topological polar surface area (TPSA) is 87.0 Å². The number of esters is 1. The molecule has 1 aliphatic heterocycles. The minimum atomic E-state index is -0.578. The van der Waals surface area contributed by atoms with Gasteiger partial charge in [0.05, 0.1) is 13.2 Å². The third kappa shape index (κ3) is 3.82. The lowest BCUT2D eigenvalue weighted by Gasteiger charge is -2.10. The van der Waals surface area contributed by atoms with Crippen molar-refractivity contribution in [3.05, 3.63) is 40.8 Å². The highest BCUT2D eigenvalue weighted by atomic mass is 16.5. The number of rotatable bonds is 4. The molecule has 1 amide bonds. The molecule has 1 aliphatic rings. The van der Waals surface area contributed by atoms with Gasteiger partial charge in [0.1, 0.15) is 17.1 Å². The molecule has 0 saturated carbocycles. The summed E-state index contributed by atoms with van der Waals surface area (Å²) in [5, 5.41) is 2.68. The van der Waals surface area contributed by atoms with E-state index in [-0.39, 0.29) is 0 Å². The van der Waals surface area contributed by atoms with E-state index in [0.717, 1.165) is 12.0 Å². The molecule has 0 saturated heterocycles. The van der Waals surface area contributed by atoms with E-state index >= 15 is 0 Å². The number of ether oxygens (including phenoxy) is 3. The second kappa shape index (κ2) is 7.51. The largest absolute Gasteiger partial charge is 0.490 e. The molecule has 26 heavy (non-hydrogen) atoms. The fourth-order valence-corrected chi connectivity index (χ4v) is 2.74. The number of carbonyl (C=O) groups excluding carboxylic acids is 2. The summed E-state index contributed by atoms with van der Waals surface area (Å²) in [5.41, 5.74) is 1.63. The van der Waals surface area contributed by atoms with Crippen molar-refractivity contribution in [3.8, 4) is 11.5 Å². The fraction of sp³-hybridized carbons (Fsp3) is 0.368. The van der Waals surface area contributed by atoms with E-state index in [1.54, 1.807) is 39.0 Å². The van der Waals surface area contributed by atoms with Gasteiger partial charge in [0, 0.05) is 23.7 Å². The number of nitrogens with one attached hydrogen (secondary N) is 1. The molecule has 0 atom stereocenters. The van der Waals surface area contributed by atoms with Crippen LogP contribution >= 0.6 is 0 Å². The van der Waals surface area contributed by atoms with Crippen LogP contribution in [0.25, 0.3) is 0 Å². The molecule has 0 unspecified atom stereocenters. The van der Waals surface area contributed by atoms with Crippen LogP contribution in [0.4, 0.5) is 5.69 Å². The van der Waals surface area contributed by atoms with E-state index in [2.05, 4.69) is 5.32 Å². The second-order valence-electron chi connectivity index (χ2n) is 6.05. The van der Waals surface area contributed by atoms with Gasteiger partial charge >= 0.3 is 5.97 Å². The average molecular weight is 359 g/mol. The minimum absolute atomic E-state index is 0.367. The maximum Gasteiger partial charge on any atom is 0.342 e. The quantitative estimate of drug-likeness (QED) is 0.844. The van der Waals surface area contributed by atoms with Gasteiger partial charge in [-0.2, -0.15) is 0 Å². The summed E-state index contributed by atoms with van der Waals surface area (Å²) in [6.07, 6.45) is 0.804. The Morgan fingerprint density at radius 3 is 2.50 bits per heavy atom. The Bertz CT molecular complexity index is 839. The number of carbonyl (C=O) groups is 2. The lowest BCUT2D eigenvalue weighted by Crippen LogP contribution is -2.21. The van der Waals surface area contributed by atoms with Gasteiger partial charge in [0.15, 0.2) is 18.1 Å². The Labute approximate surface area is 151 Å². The fourth-order valence-electron chi connectivity index (χ4n) is 2.74. The third-order valence-electron chi connectivity index (χ3n) is 4.13. The summed E-state index contributed by atoms with van der Waals surface area (Å²) in [7, 11) is 0. The van der Waals surface area contributed by atoms with E-state index in [1.807, 2.05) is 0 Å². The molecule has 1 aromatic carbocycles. The summed E-state index contributed by atoms with van der Waals surface area (Å²) in [6, 6.07) is 5.14. The van der Waals surface area contributed by atoms with Gasteiger partial charge in [-0.3, -0.25) is 4.79 Å². The van der Waals surface area contributed by atoms with E-state index in [1.165, 1.54) is 0 Å². The van der Waals surface area contributed by atoms with Crippen LogP contribution in [-0.4, -0.2) is 31.7 Å². The molecular weight excluding hydrogens is 338 g/mol. The summed E-state index contributed by atoms with van der Waals surface area (Å²) in [6.45, 7) is 6.01. The molecule has 7 nitrogen and oxygen atoms in total. The minimum Gasteiger partial charge on any atom is -0.490 e. The van der Waals surface area contributed by atoms with Gasteiger partial charge in [-0.25, -0.2) is 4.79 Å². The molecular formula is C19H21NO6. The third-order valence-corrected chi connectivity index (χ3v) is 4.13. The number of benzene rings is 1. The van der Waals surface area contributed by atoms with Gasteiger partial charge in [0.25, 0.3) is 5.91 Å². The molecule has 0 spiro atoms. The first-order chi connectivity index (χ1) is 12.5. The Balaban J connectivity index is 1.59. The molecule has 0 fully saturated rings. The van der Waals surface area contributed by atoms with E-state index in [4.69, 9.17) is 18.6 Å². The van der Waals surface area contributed by atoms with Crippen LogP contribution in [0.2, 0.25) is 0 Å². The number of furan rings is 1. The molecule has 2 aromatic rings. The number of anilines is 1. The van der Waals surface area contributed by atoms with Crippen molar-refractivity contribution in [3.63, 3.8) is 0 Å². The molecule has 0 radical (unpaired) electrons. The highest BCUT2D eigenvalue weighted by Crippen LogP contribution is 2.32. The van der Waals surface area contributed by atoms with Crippen LogP contribution in [0.15, 0.2) is 22.6 Å².